The largest absolute Gasteiger partial charge is 0.507 e. The molecule has 1 saturated carbocycles. The number of aromatic nitrogens is 2. The van der Waals surface area contributed by atoms with Crippen LogP contribution in [0, 0.1) is 13.8 Å². The summed E-state index contributed by atoms with van der Waals surface area (Å²) in [4.78, 5) is 1.19. The molecule has 0 aliphatic heterocycles. The van der Waals surface area contributed by atoms with Crippen molar-refractivity contribution >= 4 is 50.1 Å². The van der Waals surface area contributed by atoms with Crippen molar-refractivity contribution in [2.24, 2.45) is 0 Å². The molecule has 7 heteroatoms. The third-order valence-electron chi connectivity index (χ3n) is 5.55. The summed E-state index contributed by atoms with van der Waals surface area (Å²) in [6.45, 7) is 4.08. The molecular weight excluding hydrogens is 483 g/mol. The predicted molar refractivity (Wildman–Crippen MR) is 125 cm³/mol. The number of nitrogens with one attached hydrogen (secondary N) is 1. The Morgan fingerprint density at radius 2 is 1.96 bits per heavy atom. The molecule has 0 spiro atoms. The maximum Gasteiger partial charge on any atom is 0.149 e. The summed E-state index contributed by atoms with van der Waals surface area (Å²) in [6.07, 6.45) is 4.88. The summed E-state index contributed by atoms with van der Waals surface area (Å²) < 4.78 is 3.37. The third-order valence-corrected chi connectivity index (χ3v) is 7.29. The Bertz CT molecular complexity index is 1000. The van der Waals surface area contributed by atoms with Crippen LogP contribution in [0.25, 0.3) is 21.3 Å². The highest BCUT2D eigenvalue weighted by Crippen LogP contribution is 2.39. The first-order valence-corrected chi connectivity index (χ1v) is 11.4. The molecule has 0 saturated heterocycles. The molecule has 0 amide bonds. The van der Waals surface area contributed by atoms with Crippen LogP contribution in [0.4, 0.5) is 5.82 Å². The highest BCUT2D eigenvalue weighted by atomic mass is 127. The van der Waals surface area contributed by atoms with Gasteiger partial charge in [0.2, 0.25) is 0 Å². The summed E-state index contributed by atoms with van der Waals surface area (Å²) in [7, 11) is 2.14. The molecule has 0 bridgehead atoms. The Hall–Kier alpha value is -1.45. The fourth-order valence-corrected chi connectivity index (χ4v) is 5.72. The Balaban J connectivity index is 1.62. The second kappa shape index (κ2) is 8.12. The van der Waals surface area contributed by atoms with Crippen LogP contribution in [0.15, 0.2) is 24.3 Å². The predicted octanol–water partition coefficient (Wildman–Crippen LogP) is 5.69. The van der Waals surface area contributed by atoms with Gasteiger partial charge in [0.05, 0.1) is 5.69 Å². The molecule has 1 aliphatic rings. The average molecular weight is 508 g/mol. The van der Waals surface area contributed by atoms with E-state index in [0.29, 0.717) is 17.8 Å². The van der Waals surface area contributed by atoms with Crippen LogP contribution in [-0.4, -0.2) is 37.5 Å². The molecule has 1 aromatic carbocycles. The van der Waals surface area contributed by atoms with Gasteiger partial charge >= 0.3 is 0 Å². The Morgan fingerprint density at radius 1 is 1.18 bits per heavy atom. The summed E-state index contributed by atoms with van der Waals surface area (Å²) in [6, 6.07) is 8.96. The lowest BCUT2D eigenvalue weighted by Crippen LogP contribution is -2.43. The quantitative estimate of drug-likeness (QED) is 0.351. The standard InChI is InChI=1S/C21H25IN4OS/c1-12-10-19(23-16-6-4-5-7-17(16)26(3)22)24-25-20(12)14-8-9-18-15(21(14)27)11-13(2)28-18/h8-11,16-17,27H,4-7H2,1-3H3,(H,23,24)/t16-,17+/m0/s1. The number of nitrogens with zero attached hydrogens (tertiary/aromatic N) is 3. The fourth-order valence-electron chi connectivity index (χ4n) is 4.13. The molecule has 0 unspecified atom stereocenters. The van der Waals surface area contributed by atoms with Crippen molar-refractivity contribution in [2.75, 3.05) is 12.4 Å². The van der Waals surface area contributed by atoms with Gasteiger partial charge in [0.1, 0.15) is 11.6 Å². The van der Waals surface area contributed by atoms with Crippen LogP contribution in [0.3, 0.4) is 0 Å². The number of rotatable bonds is 4. The zero-order valence-corrected chi connectivity index (χ0v) is 19.3. The topological polar surface area (TPSA) is 61.3 Å². The molecule has 3 aromatic rings. The number of hydrogen-bond donors (Lipinski definition) is 2. The molecule has 2 aromatic heterocycles. The van der Waals surface area contributed by atoms with E-state index in [-0.39, 0.29) is 0 Å². The van der Waals surface area contributed by atoms with Crippen molar-refractivity contribution < 1.29 is 5.11 Å². The van der Waals surface area contributed by atoms with Gasteiger partial charge in [-0.15, -0.1) is 21.5 Å². The van der Waals surface area contributed by atoms with Gasteiger partial charge in [0.15, 0.2) is 0 Å². The number of likely N-dealkylation sites (N-methyl/N-ethyl adjacent to an activating group) is 1. The van der Waals surface area contributed by atoms with E-state index >= 15 is 0 Å². The van der Waals surface area contributed by atoms with Gasteiger partial charge < -0.3 is 10.4 Å². The van der Waals surface area contributed by atoms with Crippen molar-refractivity contribution in [2.45, 2.75) is 51.6 Å². The van der Waals surface area contributed by atoms with Crippen LogP contribution in [0.1, 0.15) is 36.1 Å². The first-order valence-electron chi connectivity index (χ1n) is 9.66. The zero-order valence-electron chi connectivity index (χ0n) is 16.4. The molecule has 2 heterocycles. The highest BCUT2D eigenvalue weighted by molar-refractivity contribution is 14.1. The maximum atomic E-state index is 10.8. The number of thiophene rings is 1. The summed E-state index contributed by atoms with van der Waals surface area (Å²) in [5, 5.41) is 24.2. The van der Waals surface area contributed by atoms with Gasteiger partial charge in [-0.1, -0.05) is 12.8 Å². The normalized spacial score (nSPS) is 20.0. The van der Waals surface area contributed by atoms with Crippen molar-refractivity contribution in [3.8, 4) is 17.0 Å². The molecular formula is C21H25IN4OS. The van der Waals surface area contributed by atoms with Crippen LogP contribution in [0.5, 0.6) is 5.75 Å². The number of phenols is 1. The zero-order chi connectivity index (χ0) is 19.8. The SMILES string of the molecule is Cc1cc2c(O)c(-c3nnc(N[C@H]4CCCC[C@H]4N(C)I)cc3C)ccc2s1. The summed E-state index contributed by atoms with van der Waals surface area (Å²) in [5.74, 6) is 1.10. The number of anilines is 1. The average Bonchev–Trinajstić information content (AvgIpc) is 3.04. The lowest BCUT2D eigenvalue weighted by molar-refractivity contribution is 0.297. The van der Waals surface area contributed by atoms with Crippen molar-refractivity contribution in [3.63, 3.8) is 0 Å². The minimum absolute atomic E-state index is 0.291. The van der Waals surface area contributed by atoms with E-state index in [1.807, 2.05) is 25.1 Å². The lowest BCUT2D eigenvalue weighted by atomic mass is 9.90. The highest BCUT2D eigenvalue weighted by Gasteiger charge is 2.28. The number of aryl methyl sites for hydroxylation is 2. The molecule has 4 rings (SSSR count). The van der Waals surface area contributed by atoms with Gasteiger partial charge in [-0.2, -0.15) is 0 Å². The first-order chi connectivity index (χ1) is 13.4. The van der Waals surface area contributed by atoms with E-state index in [1.54, 1.807) is 11.3 Å². The lowest BCUT2D eigenvalue weighted by Gasteiger charge is -2.35. The fraction of sp³-hybridized carbons (Fsp3) is 0.429. The number of halogens is 1. The molecule has 0 radical (unpaired) electrons. The Morgan fingerprint density at radius 3 is 2.71 bits per heavy atom. The number of aromatic hydroxyl groups is 1. The Kier molecular flexibility index (Phi) is 5.76. The second-order valence-corrected chi connectivity index (χ2v) is 10.4. The number of benzene rings is 1. The molecule has 1 fully saturated rings. The molecule has 1 aliphatic carbocycles. The molecule has 5 nitrogen and oxygen atoms in total. The minimum atomic E-state index is 0.291. The summed E-state index contributed by atoms with van der Waals surface area (Å²) >= 11 is 4.07. The number of fused-ring (bicyclic) bond motifs is 1. The van der Waals surface area contributed by atoms with Gasteiger partial charge in [-0.05, 0) is 63.6 Å². The minimum Gasteiger partial charge on any atom is -0.507 e. The monoisotopic (exact) mass is 508 g/mol. The van der Waals surface area contributed by atoms with E-state index in [9.17, 15) is 5.11 Å². The van der Waals surface area contributed by atoms with Crippen LogP contribution in [0.2, 0.25) is 0 Å². The van der Waals surface area contributed by atoms with Gasteiger partial charge in [-0.3, -0.25) is 0 Å². The smallest absolute Gasteiger partial charge is 0.149 e. The molecule has 28 heavy (non-hydrogen) atoms. The number of hydrogen-bond acceptors (Lipinski definition) is 6. The molecule has 148 valence electrons. The maximum absolute atomic E-state index is 10.8. The van der Waals surface area contributed by atoms with E-state index in [0.717, 1.165) is 39.1 Å². The van der Waals surface area contributed by atoms with Gasteiger partial charge in [0, 0.05) is 55.5 Å². The van der Waals surface area contributed by atoms with Crippen molar-refractivity contribution in [1.29, 1.82) is 0 Å². The van der Waals surface area contributed by atoms with Crippen molar-refractivity contribution in [1.82, 2.24) is 13.3 Å². The second-order valence-electron chi connectivity index (χ2n) is 7.62. The van der Waals surface area contributed by atoms with E-state index in [2.05, 4.69) is 61.5 Å². The van der Waals surface area contributed by atoms with Gasteiger partial charge in [0.25, 0.3) is 0 Å². The molecule has 2 N–H and O–H groups in total. The van der Waals surface area contributed by atoms with Crippen molar-refractivity contribution in [3.05, 3.63) is 34.7 Å². The van der Waals surface area contributed by atoms with Gasteiger partial charge in [-0.25, -0.2) is 3.11 Å². The number of phenolic OH excluding ortho intramolecular Hbond substituents is 1. The van der Waals surface area contributed by atoms with Crippen LogP contribution < -0.4 is 5.32 Å². The van der Waals surface area contributed by atoms with E-state index in [1.165, 1.54) is 24.1 Å². The first kappa shape index (κ1) is 19.8. The van der Waals surface area contributed by atoms with E-state index in [4.69, 9.17) is 0 Å². The molecule has 2 atom stereocenters. The third kappa shape index (κ3) is 3.84. The summed E-state index contributed by atoms with van der Waals surface area (Å²) in [5.41, 5.74) is 2.48. The van der Waals surface area contributed by atoms with E-state index < -0.39 is 0 Å². The van der Waals surface area contributed by atoms with Crippen LogP contribution in [-0.2, 0) is 0 Å². The Labute approximate surface area is 183 Å². The van der Waals surface area contributed by atoms with Crippen LogP contribution >= 0.6 is 34.2 Å².